The van der Waals surface area contributed by atoms with Crippen LogP contribution >= 0.6 is 0 Å². The quantitative estimate of drug-likeness (QED) is 0.245. The molecule has 0 aliphatic carbocycles. The summed E-state index contributed by atoms with van der Waals surface area (Å²) < 4.78 is 23.8. The zero-order chi connectivity index (χ0) is 30.9. The van der Waals surface area contributed by atoms with Crippen molar-refractivity contribution in [2.75, 3.05) is 0 Å². The monoisotopic (exact) mass is 577 g/mol. The Morgan fingerprint density at radius 3 is 1.50 bits per heavy atom. The average Bonchev–Trinajstić information content (AvgIpc) is 3.39. The maximum atomic E-state index is 12.1. The van der Waals surface area contributed by atoms with E-state index in [4.69, 9.17) is 23.5 Å². The molecule has 0 saturated carbocycles. The number of carbonyl (C=O) groups excluding carboxylic acids is 3. The van der Waals surface area contributed by atoms with Crippen molar-refractivity contribution < 1.29 is 37.8 Å². The molecule has 224 valence electrons. The predicted molar refractivity (Wildman–Crippen MR) is 159 cm³/mol. The summed E-state index contributed by atoms with van der Waals surface area (Å²) in [7, 11) is -0.952. The molecule has 0 radical (unpaired) electrons. The molecule has 0 unspecified atom stereocenters. The van der Waals surface area contributed by atoms with Crippen molar-refractivity contribution in [1.82, 2.24) is 5.06 Å². The van der Waals surface area contributed by atoms with Gasteiger partial charge in [0.25, 0.3) is 11.8 Å². The molecule has 2 aromatic carbocycles. The number of hydrogen-bond acceptors (Lipinski definition) is 8. The van der Waals surface area contributed by atoms with Crippen LogP contribution in [0.15, 0.2) is 54.6 Å². The zero-order valence-electron chi connectivity index (χ0n) is 25.9. The highest BCUT2D eigenvalue weighted by Crippen LogP contribution is 2.43. The molecule has 5 rings (SSSR count). The fourth-order valence-corrected chi connectivity index (χ4v) is 4.64. The summed E-state index contributed by atoms with van der Waals surface area (Å²) in [4.78, 5) is 41.0. The summed E-state index contributed by atoms with van der Waals surface area (Å²) in [6, 6.07) is 16.4. The van der Waals surface area contributed by atoms with E-state index in [0.29, 0.717) is 11.5 Å². The molecule has 0 atom stereocenters. The Morgan fingerprint density at radius 1 is 0.667 bits per heavy atom. The first-order chi connectivity index (χ1) is 19.5. The summed E-state index contributed by atoms with van der Waals surface area (Å²) in [5.74, 6) is -1.75. The summed E-state index contributed by atoms with van der Waals surface area (Å²) >= 11 is 0. The lowest BCUT2D eigenvalue weighted by Crippen LogP contribution is -2.41. The van der Waals surface area contributed by atoms with E-state index in [1.807, 2.05) is 85.7 Å². The van der Waals surface area contributed by atoms with Gasteiger partial charge in [-0.3, -0.25) is 9.59 Å². The number of hydroxylamine groups is 2. The van der Waals surface area contributed by atoms with Gasteiger partial charge in [-0.1, -0.05) is 47.5 Å². The molecule has 2 saturated heterocycles. The number of carbonyl (C=O) groups is 3. The highest BCUT2D eigenvalue weighted by atomic mass is 16.7. The van der Waals surface area contributed by atoms with Crippen LogP contribution in [0.3, 0.4) is 0 Å². The van der Waals surface area contributed by atoms with Crippen LogP contribution in [0.25, 0.3) is 0 Å². The van der Waals surface area contributed by atoms with Crippen LogP contribution in [-0.2, 0) is 34.7 Å². The number of nitrogens with zero attached hydrogens (tertiary/aromatic N) is 1. The van der Waals surface area contributed by atoms with Crippen molar-refractivity contribution in [2.24, 2.45) is 0 Å². The SMILES string of the molecule is CC1(C)OB(B2OC(C)(C)C(C)(C)O2)OC1(C)C.O=C(CCCCc1ccccc1)ON1C(=O)c2ccccc2C1=O. The van der Waals surface area contributed by atoms with Gasteiger partial charge in [0.1, 0.15) is 0 Å². The molecular weight excluding hydrogens is 536 g/mol. The van der Waals surface area contributed by atoms with Gasteiger partial charge < -0.3 is 23.5 Å². The fourth-order valence-electron chi connectivity index (χ4n) is 4.64. The van der Waals surface area contributed by atoms with Gasteiger partial charge in [0, 0.05) is 6.42 Å². The Hall–Kier alpha value is -2.98. The van der Waals surface area contributed by atoms with Gasteiger partial charge in [-0.2, -0.15) is 0 Å². The molecule has 0 N–H and O–H groups in total. The van der Waals surface area contributed by atoms with Crippen LogP contribution in [0.2, 0.25) is 0 Å². The highest BCUT2D eigenvalue weighted by Gasteiger charge is 2.63. The lowest BCUT2D eigenvalue weighted by Gasteiger charge is -2.32. The van der Waals surface area contributed by atoms with Crippen LogP contribution in [0, 0.1) is 0 Å². The number of imide groups is 1. The van der Waals surface area contributed by atoms with Crippen LogP contribution < -0.4 is 0 Å². The standard InChI is InChI=1S/C19H17NO4.C12H24B2O4/c21-17(13-7-4-10-14-8-2-1-3-9-14)24-20-18(22)15-11-5-6-12-16(15)19(20)23;1-9(2)10(3,4)16-13(15-9)14-17-11(5,6)12(7,8)18-14/h1-3,5-6,8-9,11-12H,4,7,10,13H2;1-8H3. The minimum absolute atomic E-state index is 0.167. The maximum Gasteiger partial charge on any atom is 0.488 e. The largest absolute Gasteiger partial charge is 0.488 e. The first-order valence-corrected chi connectivity index (χ1v) is 14.5. The number of benzene rings is 2. The van der Waals surface area contributed by atoms with E-state index in [1.54, 1.807) is 24.3 Å². The molecule has 2 amide bonds. The summed E-state index contributed by atoms with van der Waals surface area (Å²) in [6.45, 7) is 16.2. The number of amides is 2. The van der Waals surface area contributed by atoms with Crippen LogP contribution in [0.5, 0.6) is 0 Å². The second kappa shape index (κ2) is 12.0. The van der Waals surface area contributed by atoms with E-state index in [-0.39, 0.29) is 40.0 Å². The van der Waals surface area contributed by atoms with Crippen molar-refractivity contribution in [2.45, 2.75) is 103 Å². The lowest BCUT2D eigenvalue weighted by molar-refractivity contribution is -0.168. The topological polar surface area (TPSA) is 101 Å². The number of rotatable bonds is 7. The maximum absolute atomic E-state index is 12.1. The normalized spacial score (nSPS) is 21.2. The minimum atomic E-state index is -0.590. The zero-order valence-corrected chi connectivity index (χ0v) is 25.9. The van der Waals surface area contributed by atoms with E-state index >= 15 is 0 Å². The molecule has 0 spiro atoms. The van der Waals surface area contributed by atoms with Crippen LogP contribution in [-0.4, -0.2) is 59.3 Å². The Bertz CT molecular complexity index is 1210. The summed E-state index contributed by atoms with van der Waals surface area (Å²) in [5.41, 5.74) is 0.301. The summed E-state index contributed by atoms with van der Waals surface area (Å²) in [5, 5.41) is 0.560. The van der Waals surface area contributed by atoms with E-state index in [2.05, 4.69) is 0 Å². The second-order valence-corrected chi connectivity index (χ2v) is 12.9. The molecule has 11 heteroatoms. The van der Waals surface area contributed by atoms with Gasteiger partial charge in [0.05, 0.1) is 33.5 Å². The fraction of sp³-hybridized carbons (Fsp3) is 0.516. The van der Waals surface area contributed by atoms with E-state index in [9.17, 15) is 14.4 Å². The van der Waals surface area contributed by atoms with Gasteiger partial charge in [-0.15, -0.1) is 0 Å². The predicted octanol–water partition coefficient (Wildman–Crippen LogP) is 5.40. The van der Waals surface area contributed by atoms with Gasteiger partial charge in [-0.25, -0.2) is 4.79 Å². The molecule has 2 fully saturated rings. The Morgan fingerprint density at radius 2 is 1.07 bits per heavy atom. The Balaban J connectivity index is 0.000000201. The van der Waals surface area contributed by atoms with Crippen LogP contribution in [0.4, 0.5) is 0 Å². The van der Waals surface area contributed by atoms with Crippen molar-refractivity contribution >= 4 is 31.8 Å². The molecular formula is C31H41B2NO8. The minimum Gasteiger partial charge on any atom is -0.405 e. The first-order valence-electron chi connectivity index (χ1n) is 14.5. The average molecular weight is 577 g/mol. The van der Waals surface area contributed by atoms with E-state index < -0.39 is 31.8 Å². The smallest absolute Gasteiger partial charge is 0.405 e. The van der Waals surface area contributed by atoms with Crippen molar-refractivity contribution in [1.29, 1.82) is 0 Å². The molecule has 3 aliphatic rings. The van der Waals surface area contributed by atoms with Gasteiger partial charge in [-0.05, 0) is 92.3 Å². The molecule has 0 bridgehead atoms. The third-order valence-corrected chi connectivity index (χ3v) is 8.65. The third kappa shape index (κ3) is 6.64. The highest BCUT2D eigenvalue weighted by molar-refractivity contribution is 7.11. The van der Waals surface area contributed by atoms with Gasteiger partial charge in [0.15, 0.2) is 0 Å². The van der Waals surface area contributed by atoms with Gasteiger partial charge in [0.2, 0.25) is 0 Å². The number of aryl methyl sites for hydroxylation is 1. The Labute approximate surface area is 249 Å². The van der Waals surface area contributed by atoms with E-state index in [1.165, 1.54) is 5.56 Å². The van der Waals surface area contributed by atoms with Crippen molar-refractivity contribution in [3.05, 3.63) is 71.3 Å². The molecule has 9 nitrogen and oxygen atoms in total. The number of hydrogen-bond donors (Lipinski definition) is 0. The van der Waals surface area contributed by atoms with Crippen LogP contribution in [0.1, 0.15) is 101 Å². The third-order valence-electron chi connectivity index (χ3n) is 8.65. The van der Waals surface area contributed by atoms with E-state index in [0.717, 1.165) is 12.8 Å². The van der Waals surface area contributed by atoms with Crippen molar-refractivity contribution in [3.63, 3.8) is 0 Å². The molecule has 3 aliphatic heterocycles. The Kier molecular flexibility index (Phi) is 9.09. The molecule has 2 aromatic rings. The molecule has 0 aromatic heterocycles. The number of fused-ring (bicyclic) bond motifs is 1. The first kappa shape index (κ1) is 31.9. The van der Waals surface area contributed by atoms with Gasteiger partial charge >= 0.3 is 20.0 Å². The second-order valence-electron chi connectivity index (χ2n) is 12.9. The molecule has 42 heavy (non-hydrogen) atoms. The number of unbranched alkanes of at least 4 members (excludes halogenated alkanes) is 1. The lowest BCUT2D eigenvalue weighted by atomic mass is 9.49. The van der Waals surface area contributed by atoms with Crippen molar-refractivity contribution in [3.8, 4) is 0 Å². The molecule has 3 heterocycles. The summed E-state index contributed by atoms with van der Waals surface area (Å²) in [6.07, 6.45) is 2.51.